The first-order valence-corrected chi connectivity index (χ1v) is 18.6. The van der Waals surface area contributed by atoms with Gasteiger partial charge in [0, 0.05) is 13.1 Å². The second-order valence-corrected chi connectivity index (χ2v) is 14.6. The van der Waals surface area contributed by atoms with E-state index in [-0.39, 0.29) is 32.4 Å². The molecule has 2 saturated heterocycles. The number of carbonyl (C=O) groups is 12. The van der Waals surface area contributed by atoms with Crippen molar-refractivity contribution in [2.75, 3.05) is 13.1 Å². The lowest BCUT2D eigenvalue weighted by atomic mass is 10.0. The van der Waals surface area contributed by atoms with E-state index in [0.29, 0.717) is 6.42 Å². The minimum atomic E-state index is -1.74. The molecule has 0 saturated carbocycles. The summed E-state index contributed by atoms with van der Waals surface area (Å²) in [5.74, 6) is -13.4. The Balaban J connectivity index is 2.24. The molecule has 0 aromatic rings. The number of hydrogen-bond acceptors (Lipinski definition) is 13. The van der Waals surface area contributed by atoms with Crippen LogP contribution in [-0.4, -0.2) is 152 Å². The molecule has 8 atom stereocenters. The summed E-state index contributed by atoms with van der Waals surface area (Å²) in [4.78, 5) is 153. The number of likely N-dealkylation sites (tertiary alicyclic amines) is 2. The van der Waals surface area contributed by atoms with Crippen LogP contribution in [0.1, 0.15) is 72.1 Å². The fourth-order valence-corrected chi connectivity index (χ4v) is 6.49. The van der Waals surface area contributed by atoms with E-state index in [9.17, 15) is 67.7 Å². The van der Waals surface area contributed by atoms with Crippen LogP contribution in [-0.2, 0) is 57.5 Å². The zero-order valence-corrected chi connectivity index (χ0v) is 32.8. The zero-order chi connectivity index (χ0) is 44.9. The number of nitrogens with zero attached hydrogens (tertiary/aromatic N) is 2. The highest BCUT2D eigenvalue weighted by Gasteiger charge is 2.42. The molecule has 25 heteroatoms. The number of nitrogens with one attached hydrogen (secondary N) is 5. The molecule has 2 fully saturated rings. The Morgan fingerprint density at radius 2 is 1.05 bits per heavy atom. The largest absolute Gasteiger partial charge is 0.481 e. The Labute approximate surface area is 337 Å². The number of rotatable bonds is 22. The molecule has 15 N–H and O–H groups in total. The number of amides is 10. The van der Waals surface area contributed by atoms with Crippen LogP contribution in [0.2, 0.25) is 0 Å². The third-order valence-electron chi connectivity index (χ3n) is 9.47. The number of hydrogen-bond donors (Lipinski definition) is 11. The van der Waals surface area contributed by atoms with Gasteiger partial charge in [0.1, 0.15) is 42.3 Å². The van der Waals surface area contributed by atoms with Crippen LogP contribution in [0.15, 0.2) is 0 Å². The van der Waals surface area contributed by atoms with Gasteiger partial charge in [-0.05, 0) is 38.5 Å². The van der Waals surface area contributed by atoms with Crippen molar-refractivity contribution in [3.8, 4) is 0 Å². The number of primary amides is 3. The minimum absolute atomic E-state index is 0.000322. The molecule has 10 amide bonds. The Morgan fingerprint density at radius 3 is 1.54 bits per heavy atom. The zero-order valence-electron chi connectivity index (χ0n) is 32.8. The number of nitrogens with two attached hydrogens (primary N) is 4. The molecule has 0 aliphatic carbocycles. The van der Waals surface area contributed by atoms with Crippen LogP contribution in [0.4, 0.5) is 0 Å². The highest BCUT2D eigenvalue weighted by Crippen LogP contribution is 2.21. The van der Waals surface area contributed by atoms with E-state index in [1.807, 2.05) is 0 Å². The summed E-state index contributed by atoms with van der Waals surface area (Å²) in [6.07, 6.45) is -2.30. The predicted molar refractivity (Wildman–Crippen MR) is 199 cm³/mol. The van der Waals surface area contributed by atoms with Crippen LogP contribution in [0, 0.1) is 5.92 Å². The maximum atomic E-state index is 13.7. The number of carbonyl (C=O) groups excluding carboxylic acids is 10. The lowest BCUT2D eigenvalue weighted by Crippen LogP contribution is -2.61. The fourth-order valence-electron chi connectivity index (χ4n) is 6.49. The molecule has 0 aromatic carbocycles. The molecule has 328 valence electrons. The van der Waals surface area contributed by atoms with Crippen LogP contribution < -0.4 is 49.5 Å². The van der Waals surface area contributed by atoms with Gasteiger partial charge in [0.25, 0.3) is 0 Å². The van der Waals surface area contributed by atoms with Crippen LogP contribution in [0.3, 0.4) is 0 Å². The van der Waals surface area contributed by atoms with Gasteiger partial charge in [-0.3, -0.25) is 52.7 Å². The summed E-state index contributed by atoms with van der Waals surface area (Å²) in [5.41, 5.74) is 21.3. The third-order valence-corrected chi connectivity index (χ3v) is 9.47. The summed E-state index contributed by atoms with van der Waals surface area (Å²) < 4.78 is 0. The van der Waals surface area contributed by atoms with Crippen molar-refractivity contribution < 1.29 is 67.7 Å². The van der Waals surface area contributed by atoms with Crippen molar-refractivity contribution in [2.45, 2.75) is 120 Å². The maximum Gasteiger partial charge on any atom is 0.326 e. The van der Waals surface area contributed by atoms with E-state index >= 15 is 0 Å². The Hall–Kier alpha value is -6.40. The molecule has 0 spiro atoms. The Kier molecular flexibility index (Phi) is 18.1. The van der Waals surface area contributed by atoms with Gasteiger partial charge in [0.2, 0.25) is 59.1 Å². The summed E-state index contributed by atoms with van der Waals surface area (Å²) in [6.45, 7) is 4.12. The van der Waals surface area contributed by atoms with E-state index < -0.39 is 151 Å². The topological polar surface area (TPSA) is 416 Å². The summed E-state index contributed by atoms with van der Waals surface area (Å²) in [7, 11) is 0. The van der Waals surface area contributed by atoms with Gasteiger partial charge in [-0.25, -0.2) is 4.79 Å². The lowest BCUT2D eigenvalue weighted by molar-refractivity contribution is -0.150. The molecule has 2 heterocycles. The quantitative estimate of drug-likeness (QED) is 0.0483. The molecule has 2 aliphatic heterocycles. The molecule has 2 aliphatic rings. The summed E-state index contributed by atoms with van der Waals surface area (Å²) >= 11 is 0. The number of carboxylic acid groups (broad SMARTS) is 2. The first-order chi connectivity index (χ1) is 27.4. The highest BCUT2D eigenvalue weighted by atomic mass is 16.4. The molecule has 2 rings (SSSR count). The molecule has 0 aromatic heterocycles. The average molecular weight is 840 g/mol. The number of aliphatic carboxylic acids is 2. The number of carboxylic acids is 2. The predicted octanol–water partition coefficient (Wildman–Crippen LogP) is -6.42. The first kappa shape index (κ1) is 48.7. The minimum Gasteiger partial charge on any atom is -0.481 e. The third kappa shape index (κ3) is 14.5. The lowest BCUT2D eigenvalue weighted by Gasteiger charge is -2.31. The van der Waals surface area contributed by atoms with Crippen LogP contribution in [0.25, 0.3) is 0 Å². The van der Waals surface area contributed by atoms with Gasteiger partial charge in [0.15, 0.2) is 0 Å². The molecule has 0 bridgehead atoms. The Bertz CT molecular complexity index is 1690. The van der Waals surface area contributed by atoms with E-state index in [4.69, 9.17) is 22.9 Å². The smallest absolute Gasteiger partial charge is 0.326 e. The molecule has 8 unspecified atom stereocenters. The van der Waals surface area contributed by atoms with Crippen LogP contribution >= 0.6 is 0 Å². The van der Waals surface area contributed by atoms with Crippen molar-refractivity contribution in [1.29, 1.82) is 0 Å². The average Bonchev–Trinajstić information content (AvgIpc) is 3.82. The van der Waals surface area contributed by atoms with E-state index in [1.54, 1.807) is 0 Å². The monoisotopic (exact) mass is 839 g/mol. The van der Waals surface area contributed by atoms with Gasteiger partial charge < -0.3 is 69.5 Å². The van der Waals surface area contributed by atoms with Gasteiger partial charge in [-0.15, -0.1) is 0 Å². The molecular weight excluding hydrogens is 786 g/mol. The van der Waals surface area contributed by atoms with Crippen LogP contribution in [0.5, 0.6) is 0 Å². The fraction of sp³-hybridized carbons (Fsp3) is 0.647. The van der Waals surface area contributed by atoms with Gasteiger partial charge in [-0.2, -0.15) is 0 Å². The molecule has 0 radical (unpaired) electrons. The molecular formula is C34H53N11O14. The van der Waals surface area contributed by atoms with E-state index in [2.05, 4.69) is 26.6 Å². The molecule has 25 nitrogen and oxygen atoms in total. The SMILES string of the molecule is CC(NC(=O)C(N)CC(N)=O)C(=O)NC(CC(N)=O)C(=O)N1CCCC1C(=O)NC(CC(N)=O)C(=O)NC(C(=O)NC(CC(=O)O)C(=O)N1CCCC1C(=O)O)C(C)C. The second-order valence-electron chi connectivity index (χ2n) is 14.6. The summed E-state index contributed by atoms with van der Waals surface area (Å²) in [6, 6.07) is -11.9. The van der Waals surface area contributed by atoms with Crippen molar-refractivity contribution in [3.63, 3.8) is 0 Å². The standard InChI is InChI=1S/C34H53N11O14/c1-14(2)26(31(55)42-19(13-25(49)50)33(57)45-9-5-7-21(45)34(58)59)43-29(53)17(11-23(37)47)40-30(54)20-6-4-8-44(20)32(56)18(12-24(38)48)41-27(51)15(3)39-28(52)16(35)10-22(36)46/h14-21,26H,4-13,35H2,1-3H3,(H2,36,46)(H2,37,47)(H2,38,48)(H,39,52)(H,40,54)(H,41,51)(H,42,55)(H,43,53)(H,49,50)(H,58,59). The van der Waals surface area contributed by atoms with Gasteiger partial charge in [-0.1, -0.05) is 13.8 Å². The molecule has 59 heavy (non-hydrogen) atoms. The van der Waals surface area contributed by atoms with E-state index in [1.165, 1.54) is 20.8 Å². The summed E-state index contributed by atoms with van der Waals surface area (Å²) in [5, 5.41) is 30.5. The van der Waals surface area contributed by atoms with Crippen molar-refractivity contribution >= 4 is 71.0 Å². The highest BCUT2D eigenvalue weighted by molar-refractivity contribution is 6.00. The van der Waals surface area contributed by atoms with Crippen molar-refractivity contribution in [2.24, 2.45) is 28.9 Å². The van der Waals surface area contributed by atoms with E-state index in [0.717, 1.165) is 9.80 Å². The van der Waals surface area contributed by atoms with Crippen molar-refractivity contribution in [1.82, 2.24) is 36.4 Å². The first-order valence-electron chi connectivity index (χ1n) is 18.6. The van der Waals surface area contributed by atoms with Gasteiger partial charge >= 0.3 is 11.9 Å². The second kappa shape index (κ2) is 21.9. The normalized spacial score (nSPS) is 19.2. The van der Waals surface area contributed by atoms with Gasteiger partial charge in [0.05, 0.1) is 31.7 Å². The maximum absolute atomic E-state index is 13.7. The Morgan fingerprint density at radius 1 is 0.576 bits per heavy atom. The van der Waals surface area contributed by atoms with Crippen molar-refractivity contribution in [3.05, 3.63) is 0 Å².